The monoisotopic (exact) mass is 293 g/mol. The Balaban J connectivity index is 3.12. The Morgan fingerprint density at radius 1 is 1.33 bits per heavy atom. The highest BCUT2D eigenvalue weighted by molar-refractivity contribution is 9.11. The van der Waals surface area contributed by atoms with Crippen LogP contribution in [0.1, 0.15) is 11.6 Å². The zero-order valence-corrected chi connectivity index (χ0v) is 9.47. The molecule has 4 N–H and O–H groups in total. The molecule has 1 heterocycles. The summed E-state index contributed by atoms with van der Waals surface area (Å²) in [6.07, 6.45) is 3.41. The Morgan fingerprint density at radius 2 is 1.83 bits per heavy atom. The number of aromatic nitrogens is 1. The molecule has 5 heteroatoms. The molecule has 12 heavy (non-hydrogen) atoms. The fraction of sp³-hybridized carbons (Fsp3) is 0.286. The van der Waals surface area contributed by atoms with E-state index in [4.69, 9.17) is 11.5 Å². The van der Waals surface area contributed by atoms with Gasteiger partial charge in [-0.1, -0.05) is 0 Å². The maximum absolute atomic E-state index is 5.78. The van der Waals surface area contributed by atoms with Gasteiger partial charge in [-0.25, -0.2) is 0 Å². The van der Waals surface area contributed by atoms with Crippen LogP contribution in [0.3, 0.4) is 0 Å². The minimum absolute atomic E-state index is 0.156. The lowest BCUT2D eigenvalue weighted by molar-refractivity contribution is 0.728. The Kier molecular flexibility index (Phi) is 3.64. The van der Waals surface area contributed by atoms with Gasteiger partial charge in [0.1, 0.15) is 0 Å². The molecule has 0 aliphatic rings. The van der Waals surface area contributed by atoms with Gasteiger partial charge in [-0.2, -0.15) is 0 Å². The third-order valence-electron chi connectivity index (χ3n) is 1.52. The Hall–Kier alpha value is 0.0300. The van der Waals surface area contributed by atoms with Gasteiger partial charge in [0.15, 0.2) is 0 Å². The number of hydrogen-bond acceptors (Lipinski definition) is 3. The lowest BCUT2D eigenvalue weighted by Gasteiger charge is -2.12. The number of halogens is 2. The molecule has 1 unspecified atom stereocenters. The Morgan fingerprint density at radius 3 is 2.25 bits per heavy atom. The van der Waals surface area contributed by atoms with Crippen LogP contribution in [-0.4, -0.2) is 11.5 Å². The molecule has 0 spiro atoms. The standard InChI is InChI=1S/C7H9Br2N3/c8-4-2-12-3-5(9)7(4)6(11)1-10/h2-3,6H,1,10-11H2. The largest absolute Gasteiger partial charge is 0.329 e. The highest BCUT2D eigenvalue weighted by Gasteiger charge is 2.11. The number of nitrogens with two attached hydrogens (primary N) is 2. The molecule has 0 fully saturated rings. The summed E-state index contributed by atoms with van der Waals surface area (Å²) in [6.45, 7) is 0.418. The van der Waals surface area contributed by atoms with Crippen molar-refractivity contribution in [3.63, 3.8) is 0 Å². The average Bonchev–Trinajstić information content (AvgIpc) is 2.03. The molecule has 1 aromatic rings. The summed E-state index contributed by atoms with van der Waals surface area (Å²) in [5.74, 6) is 0. The number of rotatable bonds is 2. The summed E-state index contributed by atoms with van der Waals surface area (Å²) in [5.41, 5.74) is 12.2. The van der Waals surface area contributed by atoms with Crippen LogP contribution in [0.5, 0.6) is 0 Å². The van der Waals surface area contributed by atoms with E-state index in [-0.39, 0.29) is 6.04 Å². The molecule has 66 valence electrons. The van der Waals surface area contributed by atoms with E-state index in [9.17, 15) is 0 Å². The van der Waals surface area contributed by atoms with Gasteiger partial charge in [0.05, 0.1) is 0 Å². The maximum Gasteiger partial charge on any atom is 0.0443 e. The fourth-order valence-corrected chi connectivity index (χ4v) is 2.41. The Labute approximate surface area is 87.8 Å². The van der Waals surface area contributed by atoms with E-state index < -0.39 is 0 Å². The van der Waals surface area contributed by atoms with E-state index in [0.717, 1.165) is 14.5 Å². The Bertz CT molecular complexity index is 257. The van der Waals surface area contributed by atoms with Crippen molar-refractivity contribution < 1.29 is 0 Å². The van der Waals surface area contributed by atoms with Crippen molar-refractivity contribution in [1.29, 1.82) is 0 Å². The van der Waals surface area contributed by atoms with Gasteiger partial charge in [0.2, 0.25) is 0 Å². The lowest BCUT2D eigenvalue weighted by atomic mass is 10.1. The summed E-state index contributed by atoms with van der Waals surface area (Å²) in [7, 11) is 0. The van der Waals surface area contributed by atoms with Crippen LogP contribution < -0.4 is 11.5 Å². The molecule has 1 atom stereocenters. The van der Waals surface area contributed by atoms with Crippen LogP contribution in [0.4, 0.5) is 0 Å². The van der Waals surface area contributed by atoms with Crippen molar-refractivity contribution in [3.8, 4) is 0 Å². The minimum Gasteiger partial charge on any atom is -0.329 e. The third-order valence-corrected chi connectivity index (χ3v) is 2.78. The predicted molar refractivity (Wildman–Crippen MR) is 55.6 cm³/mol. The second-order valence-electron chi connectivity index (χ2n) is 2.36. The van der Waals surface area contributed by atoms with E-state index in [1.165, 1.54) is 0 Å². The van der Waals surface area contributed by atoms with Crippen molar-refractivity contribution in [2.75, 3.05) is 6.54 Å². The maximum atomic E-state index is 5.78. The normalized spacial score (nSPS) is 13.0. The second-order valence-corrected chi connectivity index (χ2v) is 4.07. The zero-order chi connectivity index (χ0) is 9.14. The first-order valence-corrected chi connectivity index (χ1v) is 5.00. The van der Waals surface area contributed by atoms with E-state index in [0.29, 0.717) is 6.54 Å². The first-order chi connectivity index (χ1) is 5.66. The van der Waals surface area contributed by atoms with E-state index in [2.05, 4.69) is 36.8 Å². The van der Waals surface area contributed by atoms with Gasteiger partial charge >= 0.3 is 0 Å². The average molecular weight is 295 g/mol. The third kappa shape index (κ3) is 2.04. The van der Waals surface area contributed by atoms with E-state index in [1.807, 2.05) is 0 Å². The van der Waals surface area contributed by atoms with Gasteiger partial charge in [-0.05, 0) is 31.9 Å². The van der Waals surface area contributed by atoms with Crippen LogP contribution in [0, 0.1) is 0 Å². The highest BCUT2D eigenvalue weighted by Crippen LogP contribution is 2.27. The molecule has 0 amide bonds. The minimum atomic E-state index is -0.156. The second kappa shape index (κ2) is 4.32. The fourth-order valence-electron chi connectivity index (χ4n) is 0.893. The van der Waals surface area contributed by atoms with Crippen molar-refractivity contribution in [2.24, 2.45) is 11.5 Å². The van der Waals surface area contributed by atoms with Gasteiger partial charge in [-0.15, -0.1) is 0 Å². The molecule has 0 aliphatic heterocycles. The lowest BCUT2D eigenvalue weighted by Crippen LogP contribution is -2.21. The van der Waals surface area contributed by atoms with Gasteiger partial charge in [0.25, 0.3) is 0 Å². The first-order valence-electron chi connectivity index (χ1n) is 3.41. The number of hydrogen-bond donors (Lipinski definition) is 2. The van der Waals surface area contributed by atoms with Crippen molar-refractivity contribution in [2.45, 2.75) is 6.04 Å². The summed E-state index contributed by atoms with van der Waals surface area (Å²) in [6, 6.07) is -0.156. The molecule has 3 nitrogen and oxygen atoms in total. The van der Waals surface area contributed by atoms with Crippen molar-refractivity contribution in [3.05, 3.63) is 26.9 Å². The van der Waals surface area contributed by atoms with Crippen LogP contribution in [-0.2, 0) is 0 Å². The van der Waals surface area contributed by atoms with Crippen LogP contribution >= 0.6 is 31.9 Å². The summed E-state index contributed by atoms with van der Waals surface area (Å²) < 4.78 is 1.77. The predicted octanol–water partition coefficient (Wildman–Crippen LogP) is 1.57. The van der Waals surface area contributed by atoms with Crippen LogP contribution in [0.15, 0.2) is 21.3 Å². The van der Waals surface area contributed by atoms with Crippen molar-refractivity contribution in [1.82, 2.24) is 4.98 Å². The van der Waals surface area contributed by atoms with E-state index >= 15 is 0 Å². The molecular weight excluding hydrogens is 286 g/mol. The van der Waals surface area contributed by atoms with Gasteiger partial charge < -0.3 is 11.5 Å². The van der Waals surface area contributed by atoms with Crippen LogP contribution in [0.25, 0.3) is 0 Å². The molecule has 0 saturated carbocycles. The SMILES string of the molecule is NCC(N)c1c(Br)cncc1Br. The quantitative estimate of drug-likeness (QED) is 0.870. The molecule has 1 aromatic heterocycles. The van der Waals surface area contributed by atoms with Gasteiger partial charge in [-0.3, -0.25) is 4.98 Å². The molecule has 0 aliphatic carbocycles. The molecule has 0 bridgehead atoms. The molecule has 0 aromatic carbocycles. The summed E-state index contributed by atoms with van der Waals surface area (Å²) in [4.78, 5) is 3.97. The number of nitrogens with zero attached hydrogens (tertiary/aromatic N) is 1. The first kappa shape index (κ1) is 10.1. The number of pyridine rings is 1. The molecule has 1 rings (SSSR count). The topological polar surface area (TPSA) is 64.9 Å². The molecule has 0 saturated heterocycles. The molecule has 0 radical (unpaired) electrons. The van der Waals surface area contributed by atoms with Crippen molar-refractivity contribution >= 4 is 31.9 Å². The van der Waals surface area contributed by atoms with Crippen LogP contribution in [0.2, 0.25) is 0 Å². The van der Waals surface area contributed by atoms with E-state index in [1.54, 1.807) is 12.4 Å². The zero-order valence-electron chi connectivity index (χ0n) is 6.30. The summed E-state index contributed by atoms with van der Waals surface area (Å²) in [5, 5.41) is 0. The highest BCUT2D eigenvalue weighted by atomic mass is 79.9. The summed E-state index contributed by atoms with van der Waals surface area (Å²) >= 11 is 6.72. The van der Waals surface area contributed by atoms with Gasteiger partial charge in [0, 0.05) is 39.5 Å². The smallest absolute Gasteiger partial charge is 0.0443 e. The molecular formula is C7H9Br2N3.